The number of hydrogen-bond donors (Lipinski definition) is 0. The molecule has 0 spiro atoms. The maximum atomic E-state index is 5.41. The minimum absolute atomic E-state index is 0.341. The summed E-state index contributed by atoms with van der Waals surface area (Å²) in [5.41, 5.74) is 3.03. The molecule has 0 N–H and O–H groups in total. The predicted octanol–water partition coefficient (Wildman–Crippen LogP) is 9.11. The number of hydrogen-bond acceptors (Lipinski definition) is 4. The summed E-state index contributed by atoms with van der Waals surface area (Å²) in [5, 5.41) is 0. The molecule has 2 aromatic carbocycles. The van der Waals surface area contributed by atoms with Gasteiger partial charge in [-0.15, -0.1) is 23.5 Å². The molecule has 3 aromatic rings. The van der Waals surface area contributed by atoms with Crippen molar-refractivity contribution in [3.8, 4) is 0 Å². The fourth-order valence-electron chi connectivity index (χ4n) is 5.40. The highest BCUT2D eigenvalue weighted by molar-refractivity contribution is 7.99. The first kappa shape index (κ1) is 33.9. The maximum absolute atomic E-state index is 5.41. The van der Waals surface area contributed by atoms with Gasteiger partial charge < -0.3 is 9.30 Å². The normalized spacial score (nSPS) is 13.7. The topological polar surface area (TPSA) is 27.1 Å². The van der Waals surface area contributed by atoms with Crippen LogP contribution in [0.1, 0.15) is 91.9 Å². The Balaban J connectivity index is 0.000000322. The minimum Gasteiger partial charge on any atom is -0.379 e. The van der Waals surface area contributed by atoms with Crippen LogP contribution in [0.25, 0.3) is 0 Å². The lowest BCUT2D eigenvalue weighted by Gasteiger charge is -2.29. The number of nitrogens with zero attached hydrogens (tertiary/aromatic N) is 2. The number of ether oxygens (including phenoxy) is 1. The Kier molecular flexibility index (Phi) is 16.8. The molecule has 0 bridgehead atoms. The van der Waals surface area contributed by atoms with Crippen LogP contribution in [0.5, 0.6) is 0 Å². The van der Waals surface area contributed by atoms with Crippen LogP contribution in [0, 0.1) is 0 Å². The van der Waals surface area contributed by atoms with Crippen LogP contribution in [-0.4, -0.2) is 40.5 Å². The molecule has 224 valence electrons. The number of benzene rings is 2. The summed E-state index contributed by atoms with van der Waals surface area (Å²) in [6.45, 7) is 11.0. The molecule has 1 saturated carbocycles. The van der Waals surface area contributed by atoms with Crippen molar-refractivity contribution in [2.24, 2.45) is 0 Å². The molecule has 1 aliphatic rings. The second kappa shape index (κ2) is 20.3. The highest BCUT2D eigenvalue weighted by atomic mass is 32.2. The van der Waals surface area contributed by atoms with Gasteiger partial charge in [-0.05, 0) is 68.9 Å². The van der Waals surface area contributed by atoms with Gasteiger partial charge in [-0.3, -0.25) is 0 Å². The molecule has 3 nitrogen and oxygen atoms in total. The summed E-state index contributed by atoms with van der Waals surface area (Å²) >= 11 is 4.01. The summed E-state index contributed by atoms with van der Waals surface area (Å²) < 4.78 is 7.47. The molecule has 4 rings (SSSR count). The first-order valence-corrected chi connectivity index (χ1v) is 18.1. The fourth-order valence-corrected chi connectivity index (χ4v) is 7.40. The monoisotopic (exact) mass is 592 g/mol. The molecular weight excluding hydrogens is 539 g/mol. The molecule has 0 radical (unpaired) electrons. The Hall–Kier alpha value is -1.63. The van der Waals surface area contributed by atoms with Crippen molar-refractivity contribution >= 4 is 41.2 Å². The van der Waals surface area contributed by atoms with E-state index in [0.717, 1.165) is 25.4 Å². The quantitative estimate of drug-likeness (QED) is 0.0942. The van der Waals surface area contributed by atoms with E-state index in [2.05, 4.69) is 85.8 Å². The van der Waals surface area contributed by atoms with E-state index in [1.165, 1.54) is 90.0 Å². The summed E-state index contributed by atoms with van der Waals surface area (Å²) in [5.74, 6) is 3.26. The van der Waals surface area contributed by atoms with Crippen molar-refractivity contribution in [2.75, 3.05) is 18.1 Å². The van der Waals surface area contributed by atoms with Gasteiger partial charge in [0.25, 0.3) is 0 Å². The molecule has 0 amide bonds. The molecule has 0 unspecified atom stereocenters. The van der Waals surface area contributed by atoms with Crippen LogP contribution in [0.15, 0.2) is 77.0 Å². The third-order valence-corrected chi connectivity index (χ3v) is 9.90. The lowest BCUT2D eigenvalue weighted by Crippen LogP contribution is -2.46. The van der Waals surface area contributed by atoms with Crippen molar-refractivity contribution in [1.29, 1.82) is 0 Å². The van der Waals surface area contributed by atoms with Crippen LogP contribution in [0.4, 0.5) is 0 Å². The average molecular weight is 593 g/mol. The van der Waals surface area contributed by atoms with Crippen LogP contribution in [0.3, 0.4) is 0 Å². The highest BCUT2D eigenvalue weighted by Gasteiger charge is 2.30. The van der Waals surface area contributed by atoms with E-state index in [0.29, 0.717) is 12.8 Å². The van der Waals surface area contributed by atoms with Crippen molar-refractivity contribution in [3.05, 3.63) is 67.3 Å². The van der Waals surface area contributed by atoms with Crippen molar-refractivity contribution < 1.29 is 4.74 Å². The number of thioether (sulfide) groups is 2. The number of imidazole rings is 1. The maximum Gasteiger partial charge on any atom is 0.212 e. The second-order valence-corrected chi connectivity index (χ2v) is 13.8. The van der Waals surface area contributed by atoms with Crippen LogP contribution < -0.4 is 10.9 Å². The van der Waals surface area contributed by atoms with Crippen molar-refractivity contribution in [2.45, 2.75) is 120 Å². The Labute approximate surface area is 260 Å². The van der Waals surface area contributed by atoms with Crippen LogP contribution >= 0.6 is 23.5 Å². The van der Waals surface area contributed by atoms with Gasteiger partial charge in [0.2, 0.25) is 6.71 Å². The van der Waals surface area contributed by atoms with Crippen LogP contribution in [-0.2, 0) is 11.3 Å². The van der Waals surface area contributed by atoms with Crippen molar-refractivity contribution in [1.82, 2.24) is 9.55 Å². The standard InChI is InChI=1S/C26H37BS2.C9H16N2O/c1-3-5-20-28-25-16-12-23(13-17-25)27(22-10-8-7-9-11-22)24-14-18-26(19-15-24)29-21-6-4-2;1-9(2)12-7-3-5-11-6-4-10-8-11/h12-19,22H,3-11,20-21H2,1-2H3;4,6,8-9H,3,5,7H2,1-2H3. The minimum atomic E-state index is 0.341. The lowest BCUT2D eigenvalue weighted by molar-refractivity contribution is 0.0748. The zero-order valence-electron chi connectivity index (χ0n) is 26.1. The van der Waals surface area contributed by atoms with Gasteiger partial charge in [0.1, 0.15) is 0 Å². The van der Waals surface area contributed by atoms with Gasteiger partial charge in [-0.2, -0.15) is 0 Å². The van der Waals surface area contributed by atoms with Crippen molar-refractivity contribution in [3.63, 3.8) is 0 Å². The smallest absolute Gasteiger partial charge is 0.212 e. The predicted molar refractivity (Wildman–Crippen MR) is 184 cm³/mol. The van der Waals surface area contributed by atoms with Gasteiger partial charge in [0, 0.05) is 35.3 Å². The molecule has 6 heteroatoms. The first-order chi connectivity index (χ1) is 20.1. The van der Waals surface area contributed by atoms with Crippen LogP contribution in [0.2, 0.25) is 5.82 Å². The van der Waals surface area contributed by atoms with E-state index in [4.69, 9.17) is 4.74 Å². The molecule has 0 saturated heterocycles. The second-order valence-electron chi connectivity index (χ2n) is 11.5. The van der Waals surface area contributed by atoms with E-state index in [9.17, 15) is 0 Å². The van der Waals surface area contributed by atoms with E-state index < -0.39 is 0 Å². The van der Waals surface area contributed by atoms with Gasteiger partial charge in [0.05, 0.1) is 12.4 Å². The van der Waals surface area contributed by atoms with Gasteiger partial charge in [0.15, 0.2) is 0 Å². The Morgan fingerprint density at radius 3 is 1.85 bits per heavy atom. The first-order valence-electron chi connectivity index (χ1n) is 16.1. The summed E-state index contributed by atoms with van der Waals surface area (Å²) in [4.78, 5) is 6.80. The summed E-state index contributed by atoms with van der Waals surface area (Å²) in [6, 6.07) is 19.1. The zero-order valence-corrected chi connectivity index (χ0v) is 27.7. The molecule has 0 aliphatic heterocycles. The third kappa shape index (κ3) is 13.1. The van der Waals surface area contributed by atoms with Gasteiger partial charge in [-0.25, -0.2) is 4.98 Å². The number of unbranched alkanes of at least 4 members (excludes halogenated alkanes) is 2. The Morgan fingerprint density at radius 2 is 1.39 bits per heavy atom. The summed E-state index contributed by atoms with van der Waals surface area (Å²) in [6.07, 6.45) is 19.1. The highest BCUT2D eigenvalue weighted by Crippen LogP contribution is 2.32. The summed E-state index contributed by atoms with van der Waals surface area (Å²) in [7, 11) is 0. The molecule has 1 fully saturated rings. The molecule has 1 heterocycles. The molecular formula is C35H53BN2OS2. The molecule has 1 aliphatic carbocycles. The Bertz CT molecular complexity index is 982. The molecule has 41 heavy (non-hydrogen) atoms. The SMILES string of the molecule is CC(C)OCCCn1ccnc1.CCCCSc1ccc(B(c2ccc(SCCCC)cc2)C2CCCCC2)cc1. The zero-order chi connectivity index (χ0) is 29.1. The largest absolute Gasteiger partial charge is 0.379 e. The van der Waals surface area contributed by atoms with E-state index in [-0.39, 0.29) is 0 Å². The Morgan fingerprint density at radius 1 is 0.829 bits per heavy atom. The third-order valence-electron chi connectivity index (χ3n) is 7.70. The molecule has 0 atom stereocenters. The average Bonchev–Trinajstić information content (AvgIpc) is 3.52. The van der Waals surface area contributed by atoms with E-state index in [1.807, 2.05) is 36.0 Å². The van der Waals surface area contributed by atoms with Gasteiger partial charge >= 0.3 is 0 Å². The van der Waals surface area contributed by atoms with E-state index in [1.54, 1.807) is 6.20 Å². The lowest BCUT2D eigenvalue weighted by atomic mass is 9.32. The molecule has 1 aromatic heterocycles. The van der Waals surface area contributed by atoms with Gasteiger partial charge in [-0.1, -0.05) is 99.8 Å². The number of aromatic nitrogens is 2. The number of aryl methyl sites for hydroxylation is 1. The number of rotatable bonds is 16. The van der Waals surface area contributed by atoms with E-state index >= 15 is 0 Å². The fraction of sp³-hybridized carbons (Fsp3) is 0.571.